The molecule has 1 aliphatic carbocycles. The first-order chi connectivity index (χ1) is 11.1. The van der Waals surface area contributed by atoms with Crippen LogP contribution in [0.3, 0.4) is 0 Å². The summed E-state index contributed by atoms with van der Waals surface area (Å²) in [6, 6.07) is 0. The molecule has 1 heterocycles. The van der Waals surface area contributed by atoms with Gasteiger partial charge in [-0.15, -0.1) is 11.8 Å². The maximum absolute atomic E-state index is 11.6. The highest BCUT2D eigenvalue weighted by molar-refractivity contribution is 8.00. The van der Waals surface area contributed by atoms with Crippen LogP contribution >= 0.6 is 11.8 Å². The van der Waals surface area contributed by atoms with Crippen molar-refractivity contribution in [3.8, 4) is 0 Å². The number of imide groups is 1. The molecule has 0 aromatic carbocycles. The number of nitrogens with zero attached hydrogens (tertiary/aromatic N) is 1. The van der Waals surface area contributed by atoms with Crippen molar-refractivity contribution in [2.24, 2.45) is 5.92 Å². The molecule has 2 N–H and O–H groups in total. The third-order valence-electron chi connectivity index (χ3n) is 4.09. The molecule has 4 amide bonds. The van der Waals surface area contributed by atoms with E-state index in [4.69, 9.17) is 0 Å². The predicted octanol–water partition coefficient (Wildman–Crippen LogP) is -0.0989. The van der Waals surface area contributed by atoms with E-state index < -0.39 is 0 Å². The van der Waals surface area contributed by atoms with Crippen molar-refractivity contribution in [3.63, 3.8) is 0 Å². The molecule has 0 unspecified atom stereocenters. The standard InChI is InChI=1S/C15H23N3O4S/c19-12(16-6-7-18-14(21)4-5-15(18)22)9-23-10-13(20)17-8-11-2-1-3-11/h11H,1-10H2,(H,16,19)(H,17,20). The van der Waals surface area contributed by atoms with Crippen molar-refractivity contribution >= 4 is 35.4 Å². The Balaban J connectivity index is 1.48. The number of rotatable bonds is 9. The van der Waals surface area contributed by atoms with Gasteiger partial charge in [-0.25, -0.2) is 0 Å². The minimum Gasteiger partial charge on any atom is -0.355 e. The second-order valence-corrected chi connectivity index (χ2v) is 6.87. The highest BCUT2D eigenvalue weighted by Gasteiger charge is 2.28. The van der Waals surface area contributed by atoms with Gasteiger partial charge in [0.2, 0.25) is 23.6 Å². The van der Waals surface area contributed by atoms with Crippen molar-refractivity contribution in [1.29, 1.82) is 0 Å². The lowest BCUT2D eigenvalue weighted by Crippen LogP contribution is -2.38. The third kappa shape index (κ3) is 5.85. The normalized spacial score (nSPS) is 18.0. The van der Waals surface area contributed by atoms with Gasteiger partial charge in [-0.05, 0) is 18.8 Å². The van der Waals surface area contributed by atoms with Crippen LogP contribution in [0.25, 0.3) is 0 Å². The van der Waals surface area contributed by atoms with Gasteiger partial charge in [0.05, 0.1) is 11.5 Å². The Morgan fingerprint density at radius 1 is 1.04 bits per heavy atom. The molecule has 8 heteroatoms. The molecule has 0 aromatic heterocycles. The quantitative estimate of drug-likeness (QED) is 0.571. The van der Waals surface area contributed by atoms with E-state index >= 15 is 0 Å². The minimum atomic E-state index is -0.194. The molecule has 0 spiro atoms. The maximum atomic E-state index is 11.6. The summed E-state index contributed by atoms with van der Waals surface area (Å²) in [5, 5.41) is 5.53. The van der Waals surface area contributed by atoms with Crippen molar-refractivity contribution < 1.29 is 19.2 Å². The van der Waals surface area contributed by atoms with Crippen LogP contribution in [0.4, 0.5) is 0 Å². The van der Waals surface area contributed by atoms with E-state index in [1.165, 1.54) is 35.9 Å². The fourth-order valence-corrected chi connectivity index (χ4v) is 3.15. The van der Waals surface area contributed by atoms with E-state index in [0.29, 0.717) is 5.92 Å². The molecule has 2 rings (SSSR count). The molecular formula is C15H23N3O4S. The van der Waals surface area contributed by atoms with Crippen LogP contribution in [0.1, 0.15) is 32.1 Å². The van der Waals surface area contributed by atoms with Crippen molar-refractivity contribution in [2.75, 3.05) is 31.1 Å². The van der Waals surface area contributed by atoms with Gasteiger partial charge in [0, 0.05) is 32.5 Å². The lowest BCUT2D eigenvalue weighted by atomic mass is 9.85. The lowest BCUT2D eigenvalue weighted by molar-refractivity contribution is -0.138. The third-order valence-corrected chi connectivity index (χ3v) is 5.02. The second-order valence-electron chi connectivity index (χ2n) is 5.88. The summed E-state index contributed by atoms with van der Waals surface area (Å²) in [4.78, 5) is 47.2. The molecule has 1 aliphatic heterocycles. The minimum absolute atomic E-state index is 0.0389. The Hall–Kier alpha value is -1.57. The Labute approximate surface area is 139 Å². The highest BCUT2D eigenvalue weighted by Crippen LogP contribution is 2.25. The zero-order valence-corrected chi connectivity index (χ0v) is 14.0. The van der Waals surface area contributed by atoms with Gasteiger partial charge in [-0.2, -0.15) is 0 Å². The fourth-order valence-electron chi connectivity index (χ4n) is 2.47. The molecule has 0 bridgehead atoms. The van der Waals surface area contributed by atoms with Crippen molar-refractivity contribution in [3.05, 3.63) is 0 Å². The number of thioether (sulfide) groups is 1. The van der Waals surface area contributed by atoms with Crippen molar-refractivity contribution in [1.82, 2.24) is 15.5 Å². The molecule has 7 nitrogen and oxygen atoms in total. The van der Waals surface area contributed by atoms with Crippen LogP contribution in [0.5, 0.6) is 0 Å². The van der Waals surface area contributed by atoms with Gasteiger partial charge in [-0.1, -0.05) is 6.42 Å². The van der Waals surface area contributed by atoms with E-state index in [2.05, 4.69) is 10.6 Å². The Bertz CT molecular complexity index is 463. The summed E-state index contributed by atoms with van der Waals surface area (Å²) in [5.74, 6) is 0.498. The van der Waals surface area contributed by atoms with Crippen molar-refractivity contribution in [2.45, 2.75) is 32.1 Å². The Morgan fingerprint density at radius 3 is 2.22 bits per heavy atom. The number of carbonyl (C=O) groups excluding carboxylic acids is 4. The van der Waals surface area contributed by atoms with Crippen LogP contribution in [0, 0.1) is 5.92 Å². The second kappa shape index (κ2) is 8.90. The number of hydrogen-bond donors (Lipinski definition) is 2. The van der Waals surface area contributed by atoms with E-state index in [-0.39, 0.29) is 61.1 Å². The Morgan fingerprint density at radius 2 is 1.65 bits per heavy atom. The number of nitrogens with one attached hydrogen (secondary N) is 2. The number of hydrogen-bond acceptors (Lipinski definition) is 5. The van der Waals surface area contributed by atoms with Gasteiger partial charge in [0.15, 0.2) is 0 Å². The van der Waals surface area contributed by atoms with Gasteiger partial charge >= 0.3 is 0 Å². The Kier molecular flexibility index (Phi) is 6.88. The van der Waals surface area contributed by atoms with Crippen LogP contribution < -0.4 is 10.6 Å². The van der Waals surface area contributed by atoms with Gasteiger partial charge in [0.1, 0.15) is 0 Å². The maximum Gasteiger partial charge on any atom is 0.230 e. The molecule has 1 saturated carbocycles. The van der Waals surface area contributed by atoms with E-state index in [0.717, 1.165) is 6.54 Å². The number of amides is 4. The van der Waals surface area contributed by atoms with Crippen LogP contribution in [0.2, 0.25) is 0 Å². The average molecular weight is 341 g/mol. The largest absolute Gasteiger partial charge is 0.355 e. The predicted molar refractivity (Wildman–Crippen MR) is 86.6 cm³/mol. The molecule has 2 fully saturated rings. The van der Waals surface area contributed by atoms with Crippen LogP contribution in [-0.4, -0.2) is 59.7 Å². The summed E-state index contributed by atoms with van der Waals surface area (Å²) in [7, 11) is 0. The van der Waals surface area contributed by atoms with E-state index in [1.807, 2.05) is 0 Å². The molecule has 1 saturated heterocycles. The van der Waals surface area contributed by atoms with Gasteiger partial charge in [0.25, 0.3) is 0 Å². The molecule has 23 heavy (non-hydrogen) atoms. The SMILES string of the molecule is O=C(CSCC(=O)NCC1CCC1)NCCN1C(=O)CCC1=O. The monoisotopic (exact) mass is 341 g/mol. The van der Waals surface area contributed by atoms with Gasteiger partial charge < -0.3 is 10.6 Å². The zero-order chi connectivity index (χ0) is 16.7. The number of likely N-dealkylation sites (tertiary alicyclic amines) is 1. The summed E-state index contributed by atoms with van der Waals surface area (Å²) >= 11 is 1.26. The molecule has 0 atom stereocenters. The van der Waals surface area contributed by atoms with Crippen LogP contribution in [-0.2, 0) is 19.2 Å². The fraction of sp³-hybridized carbons (Fsp3) is 0.733. The smallest absolute Gasteiger partial charge is 0.230 e. The summed E-state index contributed by atoms with van der Waals surface area (Å²) in [6.07, 6.45) is 4.16. The van der Waals surface area contributed by atoms with E-state index in [1.54, 1.807) is 0 Å². The first-order valence-corrected chi connectivity index (χ1v) is 9.16. The molecule has 2 aliphatic rings. The highest BCUT2D eigenvalue weighted by atomic mass is 32.2. The summed E-state index contributed by atoms with van der Waals surface area (Å²) in [6.45, 7) is 1.21. The zero-order valence-electron chi connectivity index (χ0n) is 13.1. The molecule has 128 valence electrons. The number of carbonyl (C=O) groups is 4. The summed E-state index contributed by atoms with van der Waals surface area (Å²) in [5.41, 5.74) is 0. The molecular weight excluding hydrogens is 318 g/mol. The van der Waals surface area contributed by atoms with Gasteiger partial charge in [-0.3, -0.25) is 24.1 Å². The summed E-state index contributed by atoms with van der Waals surface area (Å²) < 4.78 is 0. The topological polar surface area (TPSA) is 95.6 Å². The molecule has 0 radical (unpaired) electrons. The first kappa shape index (κ1) is 17.8. The first-order valence-electron chi connectivity index (χ1n) is 8.00. The lowest BCUT2D eigenvalue weighted by Gasteiger charge is -2.25. The van der Waals surface area contributed by atoms with E-state index in [9.17, 15) is 19.2 Å². The molecule has 0 aromatic rings. The van der Waals surface area contributed by atoms with Crippen LogP contribution in [0.15, 0.2) is 0 Å². The average Bonchev–Trinajstić information content (AvgIpc) is 2.77.